The zero-order chi connectivity index (χ0) is 15.6. The van der Waals surface area contributed by atoms with Gasteiger partial charge in [-0.2, -0.15) is 5.10 Å². The maximum atomic E-state index is 11.2. The van der Waals surface area contributed by atoms with Gasteiger partial charge in [-0.15, -0.1) is 0 Å². The Morgan fingerprint density at radius 2 is 1.83 bits per heavy atom. The van der Waals surface area contributed by atoms with Crippen molar-refractivity contribution in [3.8, 4) is 0 Å². The van der Waals surface area contributed by atoms with E-state index in [0.29, 0.717) is 0 Å². The van der Waals surface area contributed by atoms with Gasteiger partial charge in [-0.25, -0.2) is 15.1 Å². The molecule has 0 unspecified atom stereocenters. The van der Waals surface area contributed by atoms with Gasteiger partial charge < -0.3 is 9.80 Å². The highest BCUT2D eigenvalue weighted by atomic mass is 16.1. The number of fused-ring (bicyclic) bond motifs is 1. The van der Waals surface area contributed by atoms with Gasteiger partial charge in [0.1, 0.15) is 18.0 Å². The molecule has 3 heterocycles. The Balaban J connectivity index is 1.53. The van der Waals surface area contributed by atoms with Crippen molar-refractivity contribution in [3.63, 3.8) is 0 Å². The number of hydrogen-bond donors (Lipinski definition) is 1. The summed E-state index contributed by atoms with van der Waals surface area (Å²) in [6.45, 7) is 3.70. The fourth-order valence-corrected chi connectivity index (χ4v) is 3.49. The number of aromatic amines is 1. The Hall–Kier alpha value is -2.44. The number of aryl methyl sites for hydroxylation is 1. The lowest BCUT2D eigenvalue weighted by atomic mass is 10.2. The monoisotopic (exact) mass is 312 g/mol. The SMILES string of the molecule is O=c1ccc(N2CCCN(c3ncnc4c3CCC4)CC2)n[nH]1. The molecule has 1 aliphatic carbocycles. The molecular formula is C16H20N6O. The number of H-pyrrole nitrogens is 1. The smallest absolute Gasteiger partial charge is 0.264 e. The molecule has 1 aliphatic heterocycles. The first-order chi connectivity index (χ1) is 11.3. The lowest BCUT2D eigenvalue weighted by Crippen LogP contribution is -2.32. The van der Waals surface area contributed by atoms with E-state index in [4.69, 9.17) is 0 Å². The summed E-state index contributed by atoms with van der Waals surface area (Å²) in [5.74, 6) is 1.95. The van der Waals surface area contributed by atoms with E-state index in [0.717, 1.165) is 57.1 Å². The lowest BCUT2D eigenvalue weighted by molar-refractivity contribution is 0.781. The Morgan fingerprint density at radius 1 is 0.957 bits per heavy atom. The molecule has 0 radical (unpaired) electrons. The Labute approximate surface area is 134 Å². The second kappa shape index (κ2) is 5.98. The summed E-state index contributed by atoms with van der Waals surface area (Å²) in [6.07, 6.45) is 6.09. The van der Waals surface area contributed by atoms with Crippen molar-refractivity contribution < 1.29 is 0 Å². The fourth-order valence-electron chi connectivity index (χ4n) is 3.49. The van der Waals surface area contributed by atoms with E-state index in [1.807, 2.05) is 0 Å². The molecule has 0 saturated carbocycles. The number of aromatic nitrogens is 4. The minimum atomic E-state index is -0.165. The van der Waals surface area contributed by atoms with Crippen LogP contribution in [-0.4, -0.2) is 46.3 Å². The second-order valence-electron chi connectivity index (χ2n) is 6.08. The first kappa shape index (κ1) is 14.2. The molecule has 0 bridgehead atoms. The van der Waals surface area contributed by atoms with Crippen molar-refractivity contribution >= 4 is 11.6 Å². The van der Waals surface area contributed by atoms with Crippen LogP contribution in [-0.2, 0) is 12.8 Å². The first-order valence-corrected chi connectivity index (χ1v) is 8.19. The maximum Gasteiger partial charge on any atom is 0.264 e. The molecule has 0 atom stereocenters. The fraction of sp³-hybridized carbons (Fsp3) is 0.500. The van der Waals surface area contributed by atoms with Crippen LogP contribution < -0.4 is 15.4 Å². The van der Waals surface area contributed by atoms with Crippen LogP contribution in [0.15, 0.2) is 23.3 Å². The largest absolute Gasteiger partial charge is 0.354 e. The predicted molar refractivity (Wildman–Crippen MR) is 88.0 cm³/mol. The molecule has 7 heteroatoms. The number of nitrogens with zero attached hydrogens (tertiary/aromatic N) is 5. The quantitative estimate of drug-likeness (QED) is 0.882. The first-order valence-electron chi connectivity index (χ1n) is 8.19. The molecule has 0 amide bonds. The average molecular weight is 312 g/mol. The number of hydrogen-bond acceptors (Lipinski definition) is 6. The number of nitrogens with one attached hydrogen (secondary N) is 1. The Kier molecular flexibility index (Phi) is 3.69. The predicted octanol–water partition coefficient (Wildman–Crippen LogP) is 0.765. The second-order valence-corrected chi connectivity index (χ2v) is 6.08. The van der Waals surface area contributed by atoms with E-state index in [1.54, 1.807) is 12.4 Å². The van der Waals surface area contributed by atoms with Crippen LogP contribution in [0.1, 0.15) is 24.1 Å². The molecule has 23 heavy (non-hydrogen) atoms. The van der Waals surface area contributed by atoms with Gasteiger partial charge in [0.2, 0.25) is 0 Å². The van der Waals surface area contributed by atoms with Gasteiger partial charge in [-0.3, -0.25) is 4.79 Å². The summed E-state index contributed by atoms with van der Waals surface area (Å²) in [4.78, 5) is 24.7. The van der Waals surface area contributed by atoms with E-state index in [2.05, 4.69) is 30.0 Å². The van der Waals surface area contributed by atoms with Gasteiger partial charge in [-0.1, -0.05) is 0 Å². The molecule has 0 aromatic carbocycles. The number of rotatable bonds is 2. The highest BCUT2D eigenvalue weighted by molar-refractivity contribution is 5.51. The summed E-state index contributed by atoms with van der Waals surface area (Å²) in [5, 5.41) is 6.66. The van der Waals surface area contributed by atoms with Crippen LogP contribution in [0.5, 0.6) is 0 Å². The van der Waals surface area contributed by atoms with E-state index >= 15 is 0 Å². The van der Waals surface area contributed by atoms with Crippen molar-refractivity contribution in [3.05, 3.63) is 40.1 Å². The van der Waals surface area contributed by atoms with Crippen LogP contribution in [0, 0.1) is 0 Å². The molecule has 1 N–H and O–H groups in total. The molecule has 4 rings (SSSR count). The molecular weight excluding hydrogens is 292 g/mol. The van der Waals surface area contributed by atoms with Crippen LogP contribution >= 0.6 is 0 Å². The van der Waals surface area contributed by atoms with Crippen molar-refractivity contribution in [2.24, 2.45) is 0 Å². The van der Waals surface area contributed by atoms with Gasteiger partial charge in [-0.05, 0) is 31.7 Å². The Bertz CT molecular complexity index is 738. The summed E-state index contributed by atoms with van der Waals surface area (Å²) in [6, 6.07) is 3.32. The van der Waals surface area contributed by atoms with E-state index in [1.165, 1.54) is 23.7 Å². The van der Waals surface area contributed by atoms with Crippen LogP contribution in [0.2, 0.25) is 0 Å². The number of anilines is 2. The molecule has 120 valence electrons. The maximum absolute atomic E-state index is 11.2. The van der Waals surface area contributed by atoms with Crippen molar-refractivity contribution in [1.29, 1.82) is 0 Å². The van der Waals surface area contributed by atoms with E-state index < -0.39 is 0 Å². The van der Waals surface area contributed by atoms with Crippen molar-refractivity contribution in [2.45, 2.75) is 25.7 Å². The third-order valence-electron chi connectivity index (χ3n) is 4.64. The third kappa shape index (κ3) is 2.78. The van der Waals surface area contributed by atoms with Crippen molar-refractivity contribution in [2.75, 3.05) is 36.0 Å². The van der Waals surface area contributed by atoms with Crippen LogP contribution in [0.3, 0.4) is 0 Å². The molecule has 1 saturated heterocycles. The van der Waals surface area contributed by atoms with Gasteiger partial charge in [0.05, 0.1) is 0 Å². The highest BCUT2D eigenvalue weighted by Crippen LogP contribution is 2.28. The van der Waals surface area contributed by atoms with Gasteiger partial charge >= 0.3 is 0 Å². The zero-order valence-electron chi connectivity index (χ0n) is 13.0. The topological polar surface area (TPSA) is 78.0 Å². The molecule has 2 aliphatic rings. The van der Waals surface area contributed by atoms with Gasteiger partial charge in [0, 0.05) is 43.5 Å². The normalized spacial score (nSPS) is 17.9. The van der Waals surface area contributed by atoms with Crippen LogP contribution in [0.25, 0.3) is 0 Å². The molecule has 7 nitrogen and oxygen atoms in total. The summed E-state index contributed by atoms with van der Waals surface area (Å²) >= 11 is 0. The summed E-state index contributed by atoms with van der Waals surface area (Å²) < 4.78 is 0. The van der Waals surface area contributed by atoms with Gasteiger partial charge in [0.25, 0.3) is 5.56 Å². The standard InChI is InChI=1S/C16H20N6O/c23-15-6-5-14(19-20-15)21-7-2-8-22(10-9-21)16-12-3-1-4-13(12)17-11-18-16/h5-6,11H,1-4,7-10H2,(H,20,23). The third-order valence-corrected chi connectivity index (χ3v) is 4.64. The zero-order valence-corrected chi connectivity index (χ0v) is 13.0. The van der Waals surface area contributed by atoms with Gasteiger partial charge in [0.15, 0.2) is 0 Å². The molecule has 1 fully saturated rings. The Morgan fingerprint density at radius 3 is 2.70 bits per heavy atom. The average Bonchev–Trinajstić information content (AvgIpc) is 2.93. The summed E-state index contributed by atoms with van der Waals surface area (Å²) in [7, 11) is 0. The highest BCUT2D eigenvalue weighted by Gasteiger charge is 2.23. The molecule has 0 spiro atoms. The van der Waals surface area contributed by atoms with Crippen LogP contribution in [0.4, 0.5) is 11.6 Å². The molecule has 2 aromatic heterocycles. The van der Waals surface area contributed by atoms with Crippen molar-refractivity contribution in [1.82, 2.24) is 20.2 Å². The van der Waals surface area contributed by atoms with E-state index in [-0.39, 0.29) is 5.56 Å². The summed E-state index contributed by atoms with van der Waals surface area (Å²) in [5.41, 5.74) is 2.39. The molecule has 2 aromatic rings. The minimum Gasteiger partial charge on any atom is -0.354 e. The van der Waals surface area contributed by atoms with E-state index in [9.17, 15) is 4.79 Å². The lowest BCUT2D eigenvalue weighted by Gasteiger charge is -2.24. The minimum absolute atomic E-state index is 0.165.